The molecule has 0 atom stereocenters. The van der Waals surface area contributed by atoms with Crippen LogP contribution in [0.4, 0.5) is 4.39 Å². The number of aryl methyl sites for hydroxylation is 1. The molecule has 0 radical (unpaired) electrons. The van der Waals surface area contributed by atoms with E-state index in [9.17, 15) is 4.39 Å². The summed E-state index contributed by atoms with van der Waals surface area (Å²) >= 11 is 0. The normalized spacial score (nSPS) is 8.00. The summed E-state index contributed by atoms with van der Waals surface area (Å²) in [5.74, 6) is -0.412. The fourth-order valence-electron chi connectivity index (χ4n) is 0.510. The van der Waals surface area contributed by atoms with Crippen LogP contribution >= 0.6 is 0 Å². The van der Waals surface area contributed by atoms with Crippen LogP contribution in [-0.2, 0) is 0 Å². The van der Waals surface area contributed by atoms with Gasteiger partial charge in [-0.25, -0.2) is 4.98 Å². The summed E-state index contributed by atoms with van der Waals surface area (Å²) in [7, 11) is 0. The van der Waals surface area contributed by atoms with Gasteiger partial charge in [-0.2, -0.15) is 4.39 Å². The predicted molar refractivity (Wildman–Crippen MR) is 40.3 cm³/mol. The first-order valence-corrected chi connectivity index (χ1v) is 3.38. The zero-order chi connectivity index (χ0) is 7.98. The molecule has 0 spiro atoms. The van der Waals surface area contributed by atoms with E-state index in [1.807, 2.05) is 13.8 Å². The van der Waals surface area contributed by atoms with Gasteiger partial charge in [-0.3, -0.25) is 0 Å². The van der Waals surface area contributed by atoms with Crippen molar-refractivity contribution in [3.63, 3.8) is 0 Å². The monoisotopic (exact) mass is 141 g/mol. The van der Waals surface area contributed by atoms with Gasteiger partial charge in [0.2, 0.25) is 5.95 Å². The first-order valence-electron chi connectivity index (χ1n) is 3.38. The Morgan fingerprint density at radius 1 is 1.30 bits per heavy atom. The SMILES string of the molecule is CC.Cc1cccc(F)n1. The van der Waals surface area contributed by atoms with Crippen LogP contribution in [0.15, 0.2) is 18.2 Å². The molecule has 1 nitrogen and oxygen atoms in total. The smallest absolute Gasteiger partial charge is 0.213 e. The Hall–Kier alpha value is -0.920. The first kappa shape index (κ1) is 9.08. The Morgan fingerprint density at radius 3 is 2.20 bits per heavy atom. The molecule has 0 fully saturated rings. The standard InChI is InChI=1S/C6H6FN.C2H6/c1-5-3-2-4-6(7)8-5;1-2/h2-4H,1H3;1-2H3. The first-order chi connectivity index (χ1) is 4.79. The maximum Gasteiger partial charge on any atom is 0.213 e. The van der Waals surface area contributed by atoms with Crippen LogP contribution in [0.3, 0.4) is 0 Å². The van der Waals surface area contributed by atoms with Gasteiger partial charge >= 0.3 is 0 Å². The van der Waals surface area contributed by atoms with Crippen molar-refractivity contribution in [3.8, 4) is 0 Å². The summed E-state index contributed by atoms with van der Waals surface area (Å²) in [5.41, 5.74) is 0.713. The quantitative estimate of drug-likeness (QED) is 0.506. The number of pyridine rings is 1. The third kappa shape index (κ3) is 3.17. The summed E-state index contributed by atoms with van der Waals surface area (Å²) in [6.07, 6.45) is 0. The minimum Gasteiger partial charge on any atom is -0.225 e. The zero-order valence-corrected chi connectivity index (χ0v) is 6.56. The van der Waals surface area contributed by atoms with Crippen LogP contribution in [0.25, 0.3) is 0 Å². The molecule has 0 saturated carbocycles. The largest absolute Gasteiger partial charge is 0.225 e. The number of hydrogen-bond acceptors (Lipinski definition) is 1. The highest BCUT2D eigenvalue weighted by Crippen LogP contribution is 1.93. The molecule has 1 aromatic rings. The highest BCUT2D eigenvalue weighted by atomic mass is 19.1. The summed E-state index contributed by atoms with van der Waals surface area (Å²) < 4.78 is 12.1. The molecule has 10 heavy (non-hydrogen) atoms. The summed E-state index contributed by atoms with van der Waals surface area (Å²) in [4.78, 5) is 3.51. The zero-order valence-electron chi connectivity index (χ0n) is 6.56. The van der Waals surface area contributed by atoms with E-state index in [1.54, 1.807) is 19.1 Å². The van der Waals surface area contributed by atoms with Gasteiger partial charge in [-0.05, 0) is 19.1 Å². The van der Waals surface area contributed by atoms with Crippen molar-refractivity contribution in [3.05, 3.63) is 29.8 Å². The Labute approximate surface area is 60.9 Å². The Kier molecular flexibility index (Phi) is 4.46. The van der Waals surface area contributed by atoms with E-state index >= 15 is 0 Å². The molecular formula is C8H12FN. The van der Waals surface area contributed by atoms with Crippen LogP contribution < -0.4 is 0 Å². The second-order valence-electron chi connectivity index (χ2n) is 1.60. The maximum absolute atomic E-state index is 12.1. The molecule has 0 unspecified atom stereocenters. The molecule has 0 aliphatic rings. The minimum absolute atomic E-state index is 0.412. The van der Waals surface area contributed by atoms with E-state index in [0.29, 0.717) is 5.69 Å². The van der Waals surface area contributed by atoms with Gasteiger partial charge in [0.05, 0.1) is 0 Å². The molecule has 0 N–H and O–H groups in total. The van der Waals surface area contributed by atoms with Gasteiger partial charge in [0.25, 0.3) is 0 Å². The van der Waals surface area contributed by atoms with Crippen LogP contribution in [0.5, 0.6) is 0 Å². The van der Waals surface area contributed by atoms with Crippen LogP contribution in [0, 0.1) is 12.9 Å². The summed E-state index contributed by atoms with van der Waals surface area (Å²) in [6, 6.07) is 4.72. The number of aromatic nitrogens is 1. The lowest BCUT2D eigenvalue weighted by atomic mass is 10.4. The van der Waals surface area contributed by atoms with Gasteiger partial charge < -0.3 is 0 Å². The summed E-state index contributed by atoms with van der Waals surface area (Å²) in [6.45, 7) is 5.75. The van der Waals surface area contributed by atoms with E-state index in [0.717, 1.165) is 0 Å². The van der Waals surface area contributed by atoms with Crippen molar-refractivity contribution in [1.29, 1.82) is 0 Å². The third-order valence-electron chi connectivity index (χ3n) is 0.854. The van der Waals surface area contributed by atoms with Gasteiger partial charge in [0.1, 0.15) is 0 Å². The molecule has 1 aromatic heterocycles. The van der Waals surface area contributed by atoms with Crippen molar-refractivity contribution in [2.75, 3.05) is 0 Å². The molecule has 0 aliphatic heterocycles. The molecule has 0 bridgehead atoms. The lowest BCUT2D eigenvalue weighted by Gasteiger charge is -1.86. The number of rotatable bonds is 0. The Morgan fingerprint density at radius 2 is 1.90 bits per heavy atom. The van der Waals surface area contributed by atoms with Crippen molar-refractivity contribution < 1.29 is 4.39 Å². The van der Waals surface area contributed by atoms with E-state index in [2.05, 4.69) is 4.98 Å². The van der Waals surface area contributed by atoms with Gasteiger partial charge in [-0.15, -0.1) is 0 Å². The van der Waals surface area contributed by atoms with E-state index in [-0.39, 0.29) is 0 Å². The number of halogens is 1. The second-order valence-corrected chi connectivity index (χ2v) is 1.60. The van der Waals surface area contributed by atoms with Gasteiger partial charge in [-0.1, -0.05) is 19.9 Å². The molecule has 2 heteroatoms. The highest BCUT2D eigenvalue weighted by Gasteiger charge is 1.86. The second kappa shape index (κ2) is 4.91. The van der Waals surface area contributed by atoms with Gasteiger partial charge in [0.15, 0.2) is 0 Å². The average Bonchev–Trinajstić information content (AvgIpc) is 1.91. The Bertz CT molecular complexity index is 169. The maximum atomic E-state index is 12.1. The molecular weight excluding hydrogens is 129 g/mol. The average molecular weight is 141 g/mol. The van der Waals surface area contributed by atoms with Crippen molar-refractivity contribution in [2.45, 2.75) is 20.8 Å². The van der Waals surface area contributed by atoms with E-state index in [4.69, 9.17) is 0 Å². The third-order valence-corrected chi connectivity index (χ3v) is 0.854. The molecule has 1 rings (SSSR count). The van der Waals surface area contributed by atoms with Crippen LogP contribution in [0.2, 0.25) is 0 Å². The molecule has 0 aromatic carbocycles. The topological polar surface area (TPSA) is 12.9 Å². The van der Waals surface area contributed by atoms with E-state index in [1.165, 1.54) is 6.07 Å². The number of nitrogens with zero attached hydrogens (tertiary/aromatic N) is 1. The predicted octanol–water partition coefficient (Wildman–Crippen LogP) is 2.56. The summed E-state index contributed by atoms with van der Waals surface area (Å²) in [5, 5.41) is 0. The Balaban J connectivity index is 0.000000371. The lowest BCUT2D eigenvalue weighted by molar-refractivity contribution is 0.580. The van der Waals surface area contributed by atoms with Crippen molar-refractivity contribution in [2.24, 2.45) is 0 Å². The number of hydrogen-bond donors (Lipinski definition) is 0. The lowest BCUT2D eigenvalue weighted by Crippen LogP contribution is -1.82. The van der Waals surface area contributed by atoms with Crippen LogP contribution in [-0.4, -0.2) is 4.98 Å². The highest BCUT2D eigenvalue weighted by molar-refractivity contribution is 5.01. The van der Waals surface area contributed by atoms with Gasteiger partial charge in [0, 0.05) is 5.69 Å². The van der Waals surface area contributed by atoms with Crippen LogP contribution in [0.1, 0.15) is 19.5 Å². The molecule has 0 aliphatic carbocycles. The fraction of sp³-hybridized carbons (Fsp3) is 0.375. The molecule has 56 valence electrons. The minimum atomic E-state index is -0.412. The van der Waals surface area contributed by atoms with Crippen molar-refractivity contribution in [1.82, 2.24) is 4.98 Å². The van der Waals surface area contributed by atoms with Crippen molar-refractivity contribution >= 4 is 0 Å². The van der Waals surface area contributed by atoms with E-state index < -0.39 is 5.95 Å². The molecule has 1 heterocycles. The molecule has 0 saturated heterocycles. The molecule has 0 amide bonds. The fourth-order valence-corrected chi connectivity index (χ4v) is 0.510.